The molecule has 1 aliphatic carbocycles. The number of primary amides is 1. The number of aromatic nitrogens is 1. The number of nitrogens with one attached hydrogen (secondary N) is 1. The molecule has 3 atom stereocenters. The predicted molar refractivity (Wildman–Crippen MR) is 167 cm³/mol. The highest BCUT2D eigenvalue weighted by Gasteiger charge is 2.48. The van der Waals surface area contributed by atoms with Gasteiger partial charge in [-0.1, -0.05) is 31.6 Å². The van der Waals surface area contributed by atoms with Gasteiger partial charge in [0.1, 0.15) is 22.7 Å². The van der Waals surface area contributed by atoms with E-state index in [0.717, 1.165) is 18.9 Å². The predicted octanol–water partition coefficient (Wildman–Crippen LogP) is 4.66. The van der Waals surface area contributed by atoms with Crippen LogP contribution in [0, 0.1) is 34.3 Å². The first kappa shape index (κ1) is 34.9. The molecule has 0 radical (unpaired) electrons. The molecule has 3 rings (SSSR count). The molecule has 0 spiro atoms. The molecule has 0 bridgehead atoms. The number of hydrogen-bond donors (Lipinski definition) is 3. The van der Waals surface area contributed by atoms with Crippen molar-refractivity contribution < 1.29 is 23.5 Å². The topological polar surface area (TPSA) is 132 Å². The van der Waals surface area contributed by atoms with Gasteiger partial charge in [-0.25, -0.2) is 13.8 Å². The Labute approximate surface area is 262 Å². The van der Waals surface area contributed by atoms with Crippen molar-refractivity contribution in [3.63, 3.8) is 0 Å². The molecule has 0 fully saturated rings. The van der Waals surface area contributed by atoms with Crippen LogP contribution in [0.15, 0.2) is 58.7 Å². The Kier molecular flexibility index (Phi) is 12.6. The van der Waals surface area contributed by atoms with Crippen molar-refractivity contribution in [2.45, 2.75) is 64.1 Å². The Bertz CT molecular complexity index is 1430. The number of allylic oxidation sites excluding steroid dienone is 2. The van der Waals surface area contributed by atoms with Gasteiger partial charge in [-0.15, -0.1) is 11.8 Å². The largest absolute Gasteiger partial charge is 0.391 e. The van der Waals surface area contributed by atoms with Gasteiger partial charge in [0.05, 0.1) is 22.8 Å². The summed E-state index contributed by atoms with van der Waals surface area (Å²) < 4.78 is 28.5. The summed E-state index contributed by atoms with van der Waals surface area (Å²) in [6.07, 6.45) is 5.41. The van der Waals surface area contributed by atoms with E-state index in [1.165, 1.54) is 23.9 Å². The highest BCUT2D eigenvalue weighted by Crippen LogP contribution is 2.44. The number of nitriles is 1. The highest BCUT2D eigenvalue weighted by atomic mass is 32.2. The number of amides is 2. The summed E-state index contributed by atoms with van der Waals surface area (Å²) in [4.78, 5) is 33.3. The average Bonchev–Trinajstić information content (AvgIpc) is 2.98. The number of aliphatic hydroxyl groups is 1. The standard InChI is InChI=1S/C33H41F2N5O3S/c1-5-9-40(10-6-2)31(42)24-11-21(3)16-33(17-24,32(37)43)28(14-22-12-25(34)15-26(35)13-22)29(41)20-38-19-27-8-7-23(18-36)30(39-27)44-4/h7-8,11-13,15-16,28-29,38,41H,5-6,9-10,14,17,19-20H2,1-4H3,(H2,37,43)/t28-,29+,33?/m1/s1. The summed E-state index contributed by atoms with van der Waals surface area (Å²) in [6.45, 7) is 7.08. The van der Waals surface area contributed by atoms with Crippen LogP contribution in [0.4, 0.5) is 8.78 Å². The number of carbonyl (C=O) groups is 2. The van der Waals surface area contributed by atoms with Crippen molar-refractivity contribution in [2.24, 2.45) is 17.1 Å². The van der Waals surface area contributed by atoms with Crippen LogP contribution < -0.4 is 11.1 Å². The Hall–Kier alpha value is -3.59. The lowest BCUT2D eigenvalue weighted by Crippen LogP contribution is -2.51. The summed E-state index contributed by atoms with van der Waals surface area (Å²) in [5, 5.41) is 24.7. The molecule has 0 saturated carbocycles. The molecular formula is C33H41F2N5O3S. The molecule has 11 heteroatoms. The second-order valence-electron chi connectivity index (χ2n) is 11.2. The van der Waals surface area contributed by atoms with Gasteiger partial charge in [-0.2, -0.15) is 5.26 Å². The third-order valence-electron chi connectivity index (χ3n) is 7.77. The summed E-state index contributed by atoms with van der Waals surface area (Å²) >= 11 is 1.35. The number of nitrogens with zero attached hydrogens (tertiary/aromatic N) is 3. The van der Waals surface area contributed by atoms with Gasteiger partial charge in [0.2, 0.25) is 11.8 Å². The Balaban J connectivity index is 1.98. The van der Waals surface area contributed by atoms with Crippen LogP contribution in [0.5, 0.6) is 0 Å². The molecular weight excluding hydrogens is 584 g/mol. The second kappa shape index (κ2) is 15.9. The SMILES string of the molecule is CCCN(CCC)C(=O)C1=CC(C)=CC(C(N)=O)([C@H](Cc2cc(F)cc(F)c2)[C@@H](O)CNCc2ccc(C#N)c(SC)n2)C1. The van der Waals surface area contributed by atoms with E-state index >= 15 is 0 Å². The maximum atomic E-state index is 14.2. The van der Waals surface area contributed by atoms with Crippen molar-refractivity contribution in [1.29, 1.82) is 5.26 Å². The number of carbonyl (C=O) groups excluding carboxylic acids is 2. The van der Waals surface area contributed by atoms with Gasteiger partial charge in [0.15, 0.2) is 0 Å². The van der Waals surface area contributed by atoms with E-state index in [2.05, 4.69) is 16.4 Å². The first-order valence-electron chi connectivity index (χ1n) is 14.7. The normalized spacial score (nSPS) is 17.7. The van der Waals surface area contributed by atoms with Gasteiger partial charge in [0, 0.05) is 43.7 Å². The number of benzene rings is 1. The third kappa shape index (κ3) is 8.52. The molecule has 2 amide bonds. The summed E-state index contributed by atoms with van der Waals surface area (Å²) in [7, 11) is 0. The van der Waals surface area contributed by atoms with E-state index in [1.54, 1.807) is 36.1 Å². The summed E-state index contributed by atoms with van der Waals surface area (Å²) in [5.41, 5.74) is 6.96. The van der Waals surface area contributed by atoms with Gasteiger partial charge < -0.3 is 21.1 Å². The fraction of sp³-hybridized carbons (Fsp3) is 0.455. The van der Waals surface area contributed by atoms with E-state index in [1.807, 2.05) is 20.1 Å². The molecule has 8 nitrogen and oxygen atoms in total. The van der Waals surface area contributed by atoms with Crippen LogP contribution in [0.2, 0.25) is 0 Å². The molecule has 1 aliphatic rings. The number of hydrogen-bond acceptors (Lipinski definition) is 7. The maximum Gasteiger partial charge on any atom is 0.249 e. The van der Waals surface area contributed by atoms with Gasteiger partial charge >= 0.3 is 0 Å². The fourth-order valence-electron chi connectivity index (χ4n) is 5.87. The van der Waals surface area contributed by atoms with E-state index in [-0.39, 0.29) is 37.4 Å². The smallest absolute Gasteiger partial charge is 0.249 e. The fourth-order valence-corrected chi connectivity index (χ4v) is 6.41. The molecule has 236 valence electrons. The summed E-state index contributed by atoms with van der Waals surface area (Å²) in [5.74, 6) is -3.45. The molecule has 0 saturated heterocycles. The minimum atomic E-state index is -1.52. The van der Waals surface area contributed by atoms with E-state index < -0.39 is 35.0 Å². The molecule has 4 N–H and O–H groups in total. The molecule has 1 aromatic carbocycles. The van der Waals surface area contributed by atoms with Crippen molar-refractivity contribution in [1.82, 2.24) is 15.2 Å². The van der Waals surface area contributed by atoms with Crippen LogP contribution >= 0.6 is 11.8 Å². The number of nitrogens with two attached hydrogens (primary N) is 1. The Morgan fingerprint density at radius 2 is 1.86 bits per heavy atom. The molecule has 1 heterocycles. The maximum absolute atomic E-state index is 14.2. The first-order valence-corrected chi connectivity index (χ1v) is 16.0. The van der Waals surface area contributed by atoms with Crippen molar-refractivity contribution in [3.05, 3.63) is 82.1 Å². The lowest BCUT2D eigenvalue weighted by molar-refractivity contribution is -0.132. The zero-order valence-electron chi connectivity index (χ0n) is 25.7. The average molecular weight is 626 g/mol. The van der Waals surface area contributed by atoms with Gasteiger partial charge in [0.25, 0.3) is 0 Å². The lowest BCUT2D eigenvalue weighted by atomic mass is 9.63. The van der Waals surface area contributed by atoms with Gasteiger partial charge in [-0.3, -0.25) is 9.59 Å². The zero-order chi connectivity index (χ0) is 32.4. The third-order valence-corrected chi connectivity index (χ3v) is 8.47. The molecule has 44 heavy (non-hydrogen) atoms. The minimum absolute atomic E-state index is 0.00848. The van der Waals surface area contributed by atoms with Crippen molar-refractivity contribution in [3.8, 4) is 6.07 Å². The van der Waals surface area contributed by atoms with Crippen molar-refractivity contribution >= 4 is 23.6 Å². The van der Waals surface area contributed by atoms with Crippen LogP contribution in [0.25, 0.3) is 0 Å². The Morgan fingerprint density at radius 1 is 1.20 bits per heavy atom. The number of thioether (sulfide) groups is 1. The number of aliphatic hydroxyl groups excluding tert-OH is 1. The van der Waals surface area contributed by atoms with E-state index in [9.17, 15) is 28.7 Å². The van der Waals surface area contributed by atoms with Crippen molar-refractivity contribution in [2.75, 3.05) is 25.9 Å². The van der Waals surface area contributed by atoms with Gasteiger partial charge in [-0.05, 0) is 68.7 Å². The molecule has 0 aliphatic heterocycles. The van der Waals surface area contributed by atoms with Crippen LogP contribution in [-0.2, 0) is 22.6 Å². The number of rotatable bonds is 15. The first-order chi connectivity index (χ1) is 21.0. The number of halogens is 2. The minimum Gasteiger partial charge on any atom is -0.391 e. The van der Waals surface area contributed by atoms with Crippen LogP contribution in [0.1, 0.15) is 56.9 Å². The second-order valence-corrected chi connectivity index (χ2v) is 12.0. The molecule has 1 aromatic heterocycles. The molecule has 1 unspecified atom stereocenters. The lowest BCUT2D eigenvalue weighted by Gasteiger charge is -2.42. The molecule has 2 aromatic rings. The summed E-state index contributed by atoms with van der Waals surface area (Å²) in [6, 6.07) is 8.59. The highest BCUT2D eigenvalue weighted by molar-refractivity contribution is 7.98. The Morgan fingerprint density at radius 3 is 2.43 bits per heavy atom. The zero-order valence-corrected chi connectivity index (χ0v) is 26.5. The quantitative estimate of drug-likeness (QED) is 0.245. The van der Waals surface area contributed by atoms with Crippen LogP contribution in [0.3, 0.4) is 0 Å². The van der Waals surface area contributed by atoms with Crippen LogP contribution in [-0.4, -0.2) is 58.8 Å². The monoisotopic (exact) mass is 625 g/mol. The number of pyridine rings is 1. The van der Waals surface area contributed by atoms with E-state index in [0.29, 0.717) is 40.5 Å². The van der Waals surface area contributed by atoms with E-state index in [4.69, 9.17) is 5.73 Å².